The largest absolute Gasteiger partial charge is 0.390 e. The molecular formula is C18H36O4. The Morgan fingerprint density at radius 2 is 1.45 bits per heavy atom. The number of aliphatic hydroxyl groups excluding tert-OH is 2. The number of rotatable bonds is 12. The molecule has 0 amide bonds. The molecule has 1 rings (SSSR count). The number of hydrogen-bond acceptors (Lipinski definition) is 4. The van der Waals surface area contributed by atoms with Crippen molar-refractivity contribution in [2.24, 2.45) is 0 Å². The van der Waals surface area contributed by atoms with Crippen LogP contribution in [0.25, 0.3) is 0 Å². The molecule has 1 heterocycles. The Bertz CT molecular complexity index is 247. The van der Waals surface area contributed by atoms with Gasteiger partial charge in [-0.05, 0) is 13.3 Å². The van der Waals surface area contributed by atoms with Crippen LogP contribution >= 0.6 is 0 Å². The number of hydrogen-bond donors (Lipinski definition) is 2. The molecule has 0 aromatic rings. The van der Waals surface area contributed by atoms with Gasteiger partial charge < -0.3 is 19.7 Å². The van der Waals surface area contributed by atoms with Crippen molar-refractivity contribution >= 4 is 0 Å². The van der Waals surface area contributed by atoms with Crippen LogP contribution in [0.3, 0.4) is 0 Å². The molecule has 22 heavy (non-hydrogen) atoms. The molecule has 1 aliphatic heterocycles. The fourth-order valence-corrected chi connectivity index (χ4v) is 2.94. The molecule has 1 fully saturated rings. The second-order valence-corrected chi connectivity index (χ2v) is 6.62. The van der Waals surface area contributed by atoms with Crippen molar-refractivity contribution in [1.82, 2.24) is 0 Å². The van der Waals surface area contributed by atoms with E-state index < -0.39 is 12.2 Å². The summed E-state index contributed by atoms with van der Waals surface area (Å²) in [5, 5.41) is 19.3. The van der Waals surface area contributed by atoms with Crippen molar-refractivity contribution in [3.63, 3.8) is 0 Å². The van der Waals surface area contributed by atoms with Gasteiger partial charge in [0, 0.05) is 13.0 Å². The third-order valence-corrected chi connectivity index (χ3v) is 4.48. The summed E-state index contributed by atoms with van der Waals surface area (Å²) in [4.78, 5) is 0. The van der Waals surface area contributed by atoms with Crippen LogP contribution in [0.2, 0.25) is 0 Å². The van der Waals surface area contributed by atoms with Gasteiger partial charge in [-0.2, -0.15) is 0 Å². The fourth-order valence-electron chi connectivity index (χ4n) is 2.94. The molecule has 0 saturated carbocycles. The van der Waals surface area contributed by atoms with E-state index in [0.29, 0.717) is 13.0 Å². The van der Waals surface area contributed by atoms with E-state index in [1.165, 1.54) is 57.8 Å². The summed E-state index contributed by atoms with van der Waals surface area (Å²) in [6.45, 7) is 4.70. The summed E-state index contributed by atoms with van der Waals surface area (Å²) in [5.74, 6) is 0. The molecule has 4 heteroatoms. The van der Waals surface area contributed by atoms with Crippen LogP contribution in [0.5, 0.6) is 0 Å². The molecule has 1 aliphatic rings. The van der Waals surface area contributed by atoms with Gasteiger partial charge in [-0.15, -0.1) is 0 Å². The van der Waals surface area contributed by atoms with E-state index in [1.807, 2.05) is 0 Å². The average molecular weight is 316 g/mol. The normalized spacial score (nSPS) is 28.9. The maximum atomic E-state index is 9.69. The van der Waals surface area contributed by atoms with E-state index in [-0.39, 0.29) is 12.4 Å². The molecule has 0 bridgehead atoms. The topological polar surface area (TPSA) is 58.9 Å². The van der Waals surface area contributed by atoms with Crippen molar-refractivity contribution in [1.29, 1.82) is 0 Å². The number of ether oxygens (including phenoxy) is 2. The molecule has 1 saturated heterocycles. The van der Waals surface area contributed by atoms with Crippen LogP contribution < -0.4 is 0 Å². The molecule has 2 N–H and O–H groups in total. The minimum Gasteiger partial charge on any atom is -0.390 e. The Labute approximate surface area is 136 Å². The highest BCUT2D eigenvalue weighted by Gasteiger charge is 2.34. The highest BCUT2D eigenvalue weighted by Crippen LogP contribution is 2.21. The molecule has 0 aromatic heterocycles. The highest BCUT2D eigenvalue weighted by atomic mass is 16.7. The van der Waals surface area contributed by atoms with Crippen molar-refractivity contribution in [3.8, 4) is 0 Å². The summed E-state index contributed by atoms with van der Waals surface area (Å²) in [6, 6.07) is 0. The van der Waals surface area contributed by atoms with Crippen LogP contribution in [0.15, 0.2) is 0 Å². The summed E-state index contributed by atoms with van der Waals surface area (Å²) in [6.07, 6.45) is 11.2. The predicted octanol–water partition coefficient (Wildman–Crippen LogP) is 3.78. The Balaban J connectivity index is 1.87. The van der Waals surface area contributed by atoms with Crippen LogP contribution in [-0.4, -0.2) is 41.4 Å². The van der Waals surface area contributed by atoms with Crippen molar-refractivity contribution in [2.45, 2.75) is 109 Å². The van der Waals surface area contributed by atoms with Gasteiger partial charge in [0.1, 0.15) is 6.10 Å². The minimum atomic E-state index is -0.794. The van der Waals surface area contributed by atoms with Gasteiger partial charge in [0.25, 0.3) is 0 Å². The first-order valence-corrected chi connectivity index (χ1v) is 9.28. The lowest BCUT2D eigenvalue weighted by molar-refractivity contribution is -0.246. The first kappa shape index (κ1) is 19.9. The zero-order valence-corrected chi connectivity index (χ0v) is 14.5. The first-order valence-electron chi connectivity index (χ1n) is 9.28. The van der Waals surface area contributed by atoms with Crippen LogP contribution in [-0.2, 0) is 9.47 Å². The summed E-state index contributed by atoms with van der Waals surface area (Å²) < 4.78 is 11.2. The van der Waals surface area contributed by atoms with Crippen molar-refractivity contribution < 1.29 is 19.7 Å². The maximum Gasteiger partial charge on any atom is 0.160 e. The lowest BCUT2D eigenvalue weighted by Gasteiger charge is -2.35. The molecule has 132 valence electrons. The second-order valence-electron chi connectivity index (χ2n) is 6.62. The summed E-state index contributed by atoms with van der Waals surface area (Å²) >= 11 is 0. The van der Waals surface area contributed by atoms with E-state index in [2.05, 4.69) is 6.92 Å². The standard InChI is InChI=1S/C18H36O4/c1-3-4-5-6-7-8-9-10-11-12-13-21-17-14-16(19)18(20)15(2)22-17/h15-20H,3-14H2,1-2H3/t15-,16-,17?,18?/m0/s1. The lowest BCUT2D eigenvalue weighted by Crippen LogP contribution is -2.47. The highest BCUT2D eigenvalue weighted by molar-refractivity contribution is 4.79. The maximum absolute atomic E-state index is 9.69. The molecule has 0 aromatic carbocycles. The molecular weight excluding hydrogens is 280 g/mol. The van der Waals surface area contributed by atoms with E-state index in [0.717, 1.165) is 6.42 Å². The minimum absolute atomic E-state index is 0.360. The van der Waals surface area contributed by atoms with Gasteiger partial charge in [-0.25, -0.2) is 0 Å². The van der Waals surface area contributed by atoms with E-state index >= 15 is 0 Å². The smallest absolute Gasteiger partial charge is 0.160 e. The Kier molecular flexibility index (Phi) is 11.1. The van der Waals surface area contributed by atoms with Gasteiger partial charge in [0.2, 0.25) is 0 Å². The third-order valence-electron chi connectivity index (χ3n) is 4.48. The molecule has 4 nitrogen and oxygen atoms in total. The fraction of sp³-hybridized carbons (Fsp3) is 1.00. The predicted molar refractivity (Wildman–Crippen MR) is 88.8 cm³/mol. The van der Waals surface area contributed by atoms with Crippen molar-refractivity contribution in [2.75, 3.05) is 6.61 Å². The van der Waals surface area contributed by atoms with Gasteiger partial charge in [-0.1, -0.05) is 64.7 Å². The van der Waals surface area contributed by atoms with Crippen LogP contribution in [0.1, 0.15) is 84.5 Å². The first-order chi connectivity index (χ1) is 10.6. The Morgan fingerprint density at radius 3 is 2.00 bits per heavy atom. The van der Waals surface area contributed by atoms with Crippen LogP contribution in [0.4, 0.5) is 0 Å². The second kappa shape index (κ2) is 12.3. The lowest BCUT2D eigenvalue weighted by atomic mass is 10.0. The van der Waals surface area contributed by atoms with E-state index in [9.17, 15) is 10.2 Å². The molecule has 4 atom stereocenters. The van der Waals surface area contributed by atoms with Crippen molar-refractivity contribution in [3.05, 3.63) is 0 Å². The summed E-state index contributed by atoms with van der Waals surface area (Å²) in [5.41, 5.74) is 0. The zero-order chi connectivity index (χ0) is 16.2. The summed E-state index contributed by atoms with van der Waals surface area (Å²) in [7, 11) is 0. The Morgan fingerprint density at radius 1 is 0.909 bits per heavy atom. The van der Waals surface area contributed by atoms with Crippen LogP contribution in [0, 0.1) is 0 Å². The van der Waals surface area contributed by atoms with Gasteiger partial charge in [-0.3, -0.25) is 0 Å². The van der Waals surface area contributed by atoms with Gasteiger partial charge in [0.15, 0.2) is 6.29 Å². The molecule has 0 radical (unpaired) electrons. The molecule has 0 spiro atoms. The SMILES string of the molecule is CCCCCCCCCCCCOC1C[C@H](O)C(O)[C@H](C)O1. The quantitative estimate of drug-likeness (QED) is 0.538. The van der Waals surface area contributed by atoms with E-state index in [4.69, 9.17) is 9.47 Å². The average Bonchev–Trinajstić information content (AvgIpc) is 2.50. The van der Waals surface area contributed by atoms with E-state index in [1.54, 1.807) is 6.92 Å². The monoisotopic (exact) mass is 316 g/mol. The van der Waals surface area contributed by atoms with Gasteiger partial charge >= 0.3 is 0 Å². The molecule has 2 unspecified atom stereocenters. The molecule has 0 aliphatic carbocycles. The number of aliphatic hydroxyl groups is 2. The zero-order valence-electron chi connectivity index (χ0n) is 14.5. The number of unbranched alkanes of at least 4 members (excludes halogenated alkanes) is 9. The van der Waals surface area contributed by atoms with Gasteiger partial charge in [0.05, 0.1) is 12.2 Å². The third kappa shape index (κ3) is 8.47. The Hall–Kier alpha value is -0.160.